The van der Waals surface area contributed by atoms with Crippen LogP contribution in [0, 0.1) is 0 Å². The number of amides is 1. The fraction of sp³-hybridized carbons (Fsp3) is 0.316. The Hall–Kier alpha value is -2.04. The summed E-state index contributed by atoms with van der Waals surface area (Å²) in [5, 5.41) is 3.14. The summed E-state index contributed by atoms with van der Waals surface area (Å²) < 4.78 is 0. The molecule has 0 aliphatic heterocycles. The first-order valence-electron chi connectivity index (χ1n) is 7.92. The molecule has 2 aromatic rings. The number of carbonyl (C=O) groups is 1. The maximum Gasteiger partial charge on any atom is 0.251 e. The van der Waals surface area contributed by atoms with Crippen LogP contribution < -0.4 is 11.1 Å². The summed E-state index contributed by atoms with van der Waals surface area (Å²) in [4.78, 5) is 14.6. The molecule has 0 saturated carbocycles. The number of hydrogen-bond acceptors (Lipinski definition) is 3. The van der Waals surface area contributed by atoms with Crippen molar-refractivity contribution in [3.8, 4) is 0 Å². The molecule has 0 spiro atoms. The Morgan fingerprint density at radius 1 is 1.08 bits per heavy atom. The number of hydrogen-bond donors (Lipinski definition) is 2. The van der Waals surface area contributed by atoms with Gasteiger partial charge in [-0.2, -0.15) is 0 Å². The minimum atomic E-state index is -0.0660. The van der Waals surface area contributed by atoms with Crippen molar-refractivity contribution in [2.75, 3.05) is 26.4 Å². The smallest absolute Gasteiger partial charge is 0.251 e. The average molecular weight is 348 g/mol. The van der Waals surface area contributed by atoms with Crippen LogP contribution >= 0.6 is 12.4 Å². The fourth-order valence-corrected chi connectivity index (χ4v) is 2.50. The zero-order valence-electron chi connectivity index (χ0n) is 14.2. The molecule has 0 aromatic heterocycles. The quantitative estimate of drug-likeness (QED) is 0.753. The highest BCUT2D eigenvalue weighted by molar-refractivity contribution is 5.94. The minimum Gasteiger partial charge on any atom is -0.399 e. The van der Waals surface area contributed by atoms with Crippen molar-refractivity contribution in [1.29, 1.82) is 0 Å². The molecule has 4 nitrogen and oxygen atoms in total. The second-order valence-electron chi connectivity index (χ2n) is 6.00. The van der Waals surface area contributed by atoms with Crippen LogP contribution in [0.4, 0.5) is 5.69 Å². The molecule has 2 aromatic carbocycles. The molecule has 5 heteroatoms. The molecule has 2 rings (SSSR count). The largest absolute Gasteiger partial charge is 0.399 e. The Balaban J connectivity index is 0.00000288. The minimum absolute atomic E-state index is 0. The summed E-state index contributed by atoms with van der Waals surface area (Å²) in [6, 6.07) is 17.1. The summed E-state index contributed by atoms with van der Waals surface area (Å²) in [7, 11) is 4.12. The van der Waals surface area contributed by atoms with Crippen molar-refractivity contribution >= 4 is 24.0 Å². The van der Waals surface area contributed by atoms with Crippen LogP contribution in [0.25, 0.3) is 0 Å². The van der Waals surface area contributed by atoms with Crippen LogP contribution in [0.15, 0.2) is 54.6 Å². The Bertz CT molecular complexity index is 614. The van der Waals surface area contributed by atoms with Gasteiger partial charge in [-0.05, 0) is 63.3 Å². The van der Waals surface area contributed by atoms with Crippen molar-refractivity contribution in [3.63, 3.8) is 0 Å². The Morgan fingerprint density at radius 2 is 1.71 bits per heavy atom. The highest BCUT2D eigenvalue weighted by Crippen LogP contribution is 2.19. The van der Waals surface area contributed by atoms with Crippen LogP contribution in [0.3, 0.4) is 0 Å². The van der Waals surface area contributed by atoms with Gasteiger partial charge in [-0.15, -0.1) is 12.4 Å². The summed E-state index contributed by atoms with van der Waals surface area (Å²) in [5.74, 6) is -0.0660. The number of nitrogen functional groups attached to an aromatic ring is 1. The lowest BCUT2D eigenvalue weighted by Crippen LogP contribution is -2.29. The van der Waals surface area contributed by atoms with Crippen LogP contribution in [0.2, 0.25) is 0 Å². The first-order chi connectivity index (χ1) is 11.1. The number of halogens is 1. The topological polar surface area (TPSA) is 58.4 Å². The van der Waals surface area contributed by atoms with Gasteiger partial charge in [0, 0.05) is 11.3 Å². The van der Waals surface area contributed by atoms with Gasteiger partial charge in [0.05, 0.1) is 6.04 Å². The summed E-state index contributed by atoms with van der Waals surface area (Å²) in [6.45, 7) is 1.00. The van der Waals surface area contributed by atoms with Crippen molar-refractivity contribution in [2.45, 2.75) is 18.9 Å². The van der Waals surface area contributed by atoms with Crippen LogP contribution in [-0.4, -0.2) is 31.4 Å². The molecule has 0 bridgehead atoms. The summed E-state index contributed by atoms with van der Waals surface area (Å²) in [6.07, 6.45) is 1.93. The van der Waals surface area contributed by atoms with E-state index in [1.165, 1.54) is 0 Å². The first kappa shape index (κ1) is 20.0. The second kappa shape index (κ2) is 9.96. The monoisotopic (exact) mass is 347 g/mol. The second-order valence-corrected chi connectivity index (χ2v) is 6.00. The fourth-order valence-electron chi connectivity index (χ4n) is 2.50. The lowest BCUT2D eigenvalue weighted by Gasteiger charge is -2.20. The van der Waals surface area contributed by atoms with Gasteiger partial charge >= 0.3 is 0 Å². The number of nitrogens with one attached hydrogen (secondary N) is 1. The molecule has 0 heterocycles. The molecule has 0 aliphatic rings. The van der Waals surface area contributed by atoms with E-state index in [4.69, 9.17) is 5.73 Å². The molecule has 1 atom stereocenters. The molecular weight excluding hydrogens is 322 g/mol. The zero-order chi connectivity index (χ0) is 16.7. The lowest BCUT2D eigenvalue weighted by atomic mass is 10.0. The van der Waals surface area contributed by atoms with Crippen molar-refractivity contribution in [2.24, 2.45) is 0 Å². The van der Waals surface area contributed by atoms with E-state index >= 15 is 0 Å². The van der Waals surface area contributed by atoms with Crippen molar-refractivity contribution in [1.82, 2.24) is 10.2 Å². The van der Waals surface area contributed by atoms with Gasteiger partial charge in [0.15, 0.2) is 0 Å². The molecular formula is C19H26ClN3O. The number of nitrogens with zero attached hydrogens (tertiary/aromatic N) is 1. The Kier molecular flexibility index (Phi) is 8.30. The van der Waals surface area contributed by atoms with E-state index in [9.17, 15) is 4.79 Å². The third kappa shape index (κ3) is 6.22. The SMILES string of the molecule is CN(C)CCCC(NC(=O)c1ccc(N)cc1)c1ccccc1.Cl. The first-order valence-corrected chi connectivity index (χ1v) is 7.92. The normalized spacial score (nSPS) is 11.6. The van der Waals surface area contributed by atoms with Gasteiger partial charge in [-0.1, -0.05) is 30.3 Å². The van der Waals surface area contributed by atoms with Crippen LogP contribution in [0.1, 0.15) is 34.8 Å². The summed E-state index contributed by atoms with van der Waals surface area (Å²) >= 11 is 0. The molecule has 0 aliphatic carbocycles. The maximum absolute atomic E-state index is 12.5. The van der Waals surface area contributed by atoms with E-state index in [1.807, 2.05) is 18.2 Å². The van der Waals surface area contributed by atoms with E-state index in [-0.39, 0.29) is 24.4 Å². The van der Waals surface area contributed by atoms with Crippen LogP contribution in [-0.2, 0) is 0 Å². The zero-order valence-corrected chi connectivity index (χ0v) is 15.1. The predicted molar refractivity (Wildman–Crippen MR) is 103 cm³/mol. The third-order valence-electron chi connectivity index (χ3n) is 3.78. The van der Waals surface area contributed by atoms with E-state index in [2.05, 4.69) is 36.4 Å². The van der Waals surface area contributed by atoms with Gasteiger partial charge < -0.3 is 16.0 Å². The summed E-state index contributed by atoms with van der Waals surface area (Å²) in [5.41, 5.74) is 8.10. The van der Waals surface area contributed by atoms with Crippen molar-refractivity contribution < 1.29 is 4.79 Å². The number of nitrogens with two attached hydrogens (primary N) is 1. The molecule has 0 radical (unpaired) electrons. The van der Waals surface area contributed by atoms with Gasteiger partial charge in [-0.25, -0.2) is 0 Å². The highest BCUT2D eigenvalue weighted by atomic mass is 35.5. The van der Waals surface area contributed by atoms with Gasteiger partial charge in [0.1, 0.15) is 0 Å². The molecule has 24 heavy (non-hydrogen) atoms. The molecule has 130 valence electrons. The molecule has 0 saturated heterocycles. The molecule has 0 fully saturated rings. The van der Waals surface area contributed by atoms with E-state index in [1.54, 1.807) is 24.3 Å². The van der Waals surface area contributed by atoms with E-state index in [0.29, 0.717) is 11.3 Å². The van der Waals surface area contributed by atoms with Gasteiger partial charge in [-0.3, -0.25) is 4.79 Å². The van der Waals surface area contributed by atoms with Gasteiger partial charge in [0.2, 0.25) is 0 Å². The highest BCUT2D eigenvalue weighted by Gasteiger charge is 2.15. The molecule has 1 amide bonds. The number of anilines is 1. The van der Waals surface area contributed by atoms with Gasteiger partial charge in [0.25, 0.3) is 5.91 Å². The number of rotatable bonds is 7. The molecule has 3 N–H and O–H groups in total. The third-order valence-corrected chi connectivity index (χ3v) is 3.78. The standard InChI is InChI=1S/C19H25N3O.ClH/c1-22(2)14-6-9-18(15-7-4-3-5-8-15)21-19(23)16-10-12-17(20)13-11-16;/h3-5,7-8,10-13,18H,6,9,14,20H2,1-2H3,(H,21,23);1H. The van der Waals surface area contributed by atoms with Crippen LogP contribution in [0.5, 0.6) is 0 Å². The Morgan fingerprint density at radius 3 is 2.29 bits per heavy atom. The van der Waals surface area contributed by atoms with E-state index < -0.39 is 0 Å². The maximum atomic E-state index is 12.5. The number of benzene rings is 2. The molecule has 1 unspecified atom stereocenters. The van der Waals surface area contributed by atoms with Crippen molar-refractivity contribution in [3.05, 3.63) is 65.7 Å². The lowest BCUT2D eigenvalue weighted by molar-refractivity contribution is 0.0933. The average Bonchev–Trinajstić information content (AvgIpc) is 2.55. The Labute approximate surface area is 150 Å². The van der Waals surface area contributed by atoms with E-state index in [0.717, 1.165) is 24.9 Å². The number of carbonyl (C=O) groups excluding carboxylic acids is 1. The predicted octanol–water partition coefficient (Wildman–Crippen LogP) is 3.50.